The summed E-state index contributed by atoms with van der Waals surface area (Å²) in [4.78, 5) is 28.2. The predicted octanol–water partition coefficient (Wildman–Crippen LogP) is 4.14. The van der Waals surface area contributed by atoms with Crippen molar-refractivity contribution >= 4 is 27.5 Å². The Morgan fingerprint density at radius 2 is 1.50 bits per heavy atom. The number of amides is 2. The zero-order valence-electron chi connectivity index (χ0n) is 22.4. The second-order valence-corrected chi connectivity index (χ2v) is 11.2. The minimum absolute atomic E-state index is 0.0620. The van der Waals surface area contributed by atoms with Crippen molar-refractivity contribution in [1.82, 2.24) is 10.2 Å². The van der Waals surface area contributed by atoms with Gasteiger partial charge in [0.25, 0.3) is 10.0 Å². The molecule has 0 spiro atoms. The number of aryl methyl sites for hydroxylation is 1. The van der Waals surface area contributed by atoms with E-state index in [1.165, 1.54) is 24.1 Å². The van der Waals surface area contributed by atoms with Gasteiger partial charge in [0.05, 0.1) is 17.7 Å². The Hall–Kier alpha value is -3.85. The van der Waals surface area contributed by atoms with Gasteiger partial charge in [-0.3, -0.25) is 13.9 Å². The Bertz CT molecular complexity index is 1320. The third-order valence-corrected chi connectivity index (χ3v) is 7.83. The van der Waals surface area contributed by atoms with Crippen LogP contribution in [0.25, 0.3) is 0 Å². The van der Waals surface area contributed by atoms with E-state index >= 15 is 0 Å². The third-order valence-electron chi connectivity index (χ3n) is 6.04. The van der Waals surface area contributed by atoms with E-state index in [0.29, 0.717) is 11.4 Å². The summed E-state index contributed by atoms with van der Waals surface area (Å²) >= 11 is 0. The molecule has 9 heteroatoms. The van der Waals surface area contributed by atoms with Gasteiger partial charge in [-0.15, -0.1) is 0 Å². The van der Waals surface area contributed by atoms with Gasteiger partial charge in [-0.2, -0.15) is 0 Å². The minimum Gasteiger partial charge on any atom is -0.497 e. The number of carbonyl (C=O) groups excluding carboxylic acids is 2. The van der Waals surface area contributed by atoms with Crippen molar-refractivity contribution in [3.63, 3.8) is 0 Å². The first kappa shape index (κ1) is 28.7. The van der Waals surface area contributed by atoms with E-state index in [0.717, 1.165) is 15.4 Å². The van der Waals surface area contributed by atoms with Gasteiger partial charge in [0.15, 0.2) is 0 Å². The highest BCUT2D eigenvalue weighted by molar-refractivity contribution is 7.92. The van der Waals surface area contributed by atoms with Crippen LogP contribution in [0, 0.1) is 6.92 Å². The summed E-state index contributed by atoms with van der Waals surface area (Å²) in [5.74, 6) is -0.272. The molecule has 0 bridgehead atoms. The lowest BCUT2D eigenvalue weighted by atomic mass is 10.1. The highest BCUT2D eigenvalue weighted by Crippen LogP contribution is 2.26. The van der Waals surface area contributed by atoms with E-state index in [2.05, 4.69) is 5.32 Å². The van der Waals surface area contributed by atoms with Crippen LogP contribution in [0.1, 0.15) is 31.9 Å². The number of sulfonamides is 1. The molecule has 38 heavy (non-hydrogen) atoms. The van der Waals surface area contributed by atoms with E-state index in [4.69, 9.17) is 4.74 Å². The molecule has 0 saturated heterocycles. The Balaban J connectivity index is 2.02. The molecule has 3 aromatic rings. The lowest BCUT2D eigenvalue weighted by Gasteiger charge is -2.32. The van der Waals surface area contributed by atoms with Crippen molar-refractivity contribution in [1.29, 1.82) is 0 Å². The van der Waals surface area contributed by atoms with Crippen LogP contribution >= 0.6 is 0 Å². The molecule has 0 aromatic heterocycles. The van der Waals surface area contributed by atoms with Crippen LogP contribution < -0.4 is 14.4 Å². The first-order valence-electron chi connectivity index (χ1n) is 12.4. The van der Waals surface area contributed by atoms with Crippen LogP contribution in [-0.2, 0) is 26.2 Å². The van der Waals surface area contributed by atoms with E-state index in [9.17, 15) is 18.0 Å². The summed E-state index contributed by atoms with van der Waals surface area (Å²) in [5, 5.41) is 2.84. The number of benzene rings is 3. The lowest BCUT2D eigenvalue weighted by molar-refractivity contribution is -0.139. The second kappa shape index (κ2) is 12.6. The summed E-state index contributed by atoms with van der Waals surface area (Å²) in [6.07, 6.45) is 0. The Morgan fingerprint density at radius 3 is 2.05 bits per heavy atom. The maximum Gasteiger partial charge on any atom is 0.264 e. The monoisotopic (exact) mass is 537 g/mol. The SMILES string of the molecule is COc1ccc(N(CC(=O)N(Cc2ccccc2)C(C)C(=O)NC(C)C)S(=O)(=O)c2ccc(C)cc2)cc1. The molecular weight excluding hydrogens is 502 g/mol. The predicted molar refractivity (Wildman–Crippen MR) is 148 cm³/mol. The van der Waals surface area contributed by atoms with Crippen molar-refractivity contribution in [3.05, 3.63) is 90.0 Å². The number of methoxy groups -OCH3 is 1. The van der Waals surface area contributed by atoms with Crippen LogP contribution in [0.4, 0.5) is 5.69 Å². The van der Waals surface area contributed by atoms with Crippen molar-refractivity contribution < 1.29 is 22.7 Å². The van der Waals surface area contributed by atoms with E-state index in [1.807, 2.05) is 51.1 Å². The molecule has 1 atom stereocenters. The van der Waals surface area contributed by atoms with Gasteiger partial charge in [-0.25, -0.2) is 8.42 Å². The Kier molecular flexibility index (Phi) is 9.52. The minimum atomic E-state index is -4.11. The molecule has 8 nitrogen and oxygen atoms in total. The molecule has 0 aliphatic carbocycles. The number of nitrogens with zero attached hydrogens (tertiary/aromatic N) is 2. The van der Waals surface area contributed by atoms with Crippen LogP contribution in [-0.4, -0.2) is 50.9 Å². The summed E-state index contributed by atoms with van der Waals surface area (Å²) < 4.78 is 33.9. The molecule has 0 aliphatic heterocycles. The maximum atomic E-state index is 13.8. The normalized spacial score (nSPS) is 12.1. The van der Waals surface area contributed by atoms with Gasteiger partial charge in [-0.1, -0.05) is 48.0 Å². The van der Waals surface area contributed by atoms with E-state index < -0.39 is 28.5 Å². The van der Waals surface area contributed by atoms with Crippen molar-refractivity contribution in [2.24, 2.45) is 0 Å². The average molecular weight is 538 g/mol. The fourth-order valence-electron chi connectivity index (χ4n) is 3.88. The largest absolute Gasteiger partial charge is 0.497 e. The first-order chi connectivity index (χ1) is 18.0. The molecule has 0 saturated carbocycles. The number of nitrogens with one attached hydrogen (secondary N) is 1. The molecule has 0 radical (unpaired) electrons. The summed E-state index contributed by atoms with van der Waals surface area (Å²) in [6.45, 7) is 6.85. The number of hydrogen-bond donors (Lipinski definition) is 1. The fourth-order valence-corrected chi connectivity index (χ4v) is 5.30. The Morgan fingerprint density at radius 1 is 0.895 bits per heavy atom. The molecule has 1 N–H and O–H groups in total. The van der Waals surface area contributed by atoms with Gasteiger partial charge >= 0.3 is 0 Å². The van der Waals surface area contributed by atoms with Gasteiger partial charge in [0.2, 0.25) is 11.8 Å². The maximum absolute atomic E-state index is 13.8. The molecule has 0 aliphatic rings. The van der Waals surface area contributed by atoms with Crippen LogP contribution in [0.2, 0.25) is 0 Å². The molecule has 3 aromatic carbocycles. The fraction of sp³-hybridized carbons (Fsp3) is 0.310. The molecule has 202 valence electrons. The molecule has 0 fully saturated rings. The summed E-state index contributed by atoms with van der Waals surface area (Å²) in [6, 6.07) is 21.3. The van der Waals surface area contributed by atoms with Gasteiger partial charge < -0.3 is 15.0 Å². The highest BCUT2D eigenvalue weighted by atomic mass is 32.2. The molecular formula is C29H35N3O5S. The standard InChI is InChI=1S/C29H35N3O5S/c1-21(2)30-29(34)23(4)31(19-24-9-7-6-8-10-24)28(33)20-32(25-13-15-26(37-5)16-14-25)38(35,36)27-17-11-22(3)12-18-27/h6-18,21,23H,19-20H2,1-5H3,(H,30,34). The van der Waals surface area contributed by atoms with Crippen LogP contribution in [0.15, 0.2) is 83.8 Å². The molecule has 0 heterocycles. The van der Waals surface area contributed by atoms with Crippen molar-refractivity contribution in [2.45, 2.75) is 51.2 Å². The van der Waals surface area contributed by atoms with Crippen molar-refractivity contribution in [3.8, 4) is 5.75 Å². The molecule has 1 unspecified atom stereocenters. The Labute approximate surface area is 225 Å². The van der Waals surface area contributed by atoms with E-state index in [1.54, 1.807) is 43.3 Å². The molecule has 3 rings (SSSR count). The first-order valence-corrected chi connectivity index (χ1v) is 13.8. The second-order valence-electron chi connectivity index (χ2n) is 9.37. The molecule has 2 amide bonds. The zero-order chi connectivity index (χ0) is 27.9. The number of rotatable bonds is 11. The number of anilines is 1. The third kappa shape index (κ3) is 7.13. The quantitative estimate of drug-likeness (QED) is 0.397. The number of hydrogen-bond acceptors (Lipinski definition) is 5. The topological polar surface area (TPSA) is 96.0 Å². The van der Waals surface area contributed by atoms with Gasteiger partial charge in [0.1, 0.15) is 18.3 Å². The van der Waals surface area contributed by atoms with E-state index in [-0.39, 0.29) is 23.4 Å². The lowest BCUT2D eigenvalue weighted by Crippen LogP contribution is -2.52. The zero-order valence-corrected chi connectivity index (χ0v) is 23.2. The average Bonchev–Trinajstić information content (AvgIpc) is 2.90. The summed E-state index contributed by atoms with van der Waals surface area (Å²) in [5.41, 5.74) is 2.04. The van der Waals surface area contributed by atoms with Crippen LogP contribution in [0.5, 0.6) is 5.75 Å². The smallest absolute Gasteiger partial charge is 0.264 e. The van der Waals surface area contributed by atoms with Crippen molar-refractivity contribution in [2.75, 3.05) is 18.0 Å². The summed E-state index contributed by atoms with van der Waals surface area (Å²) in [7, 11) is -2.59. The van der Waals surface area contributed by atoms with Crippen LogP contribution in [0.3, 0.4) is 0 Å². The number of ether oxygens (including phenoxy) is 1. The number of carbonyl (C=O) groups is 2. The van der Waals surface area contributed by atoms with Gasteiger partial charge in [0, 0.05) is 12.6 Å². The van der Waals surface area contributed by atoms with Gasteiger partial charge in [-0.05, 0) is 69.7 Å². The highest BCUT2D eigenvalue weighted by Gasteiger charge is 2.32.